The zero-order valence-corrected chi connectivity index (χ0v) is 16.4. The van der Waals surface area contributed by atoms with Gasteiger partial charge in [0.05, 0.1) is 6.33 Å². The van der Waals surface area contributed by atoms with E-state index in [2.05, 4.69) is 15.1 Å². The van der Waals surface area contributed by atoms with Crippen molar-refractivity contribution in [1.82, 2.24) is 29.5 Å². The van der Waals surface area contributed by atoms with Crippen LogP contribution in [-0.4, -0.2) is 67.5 Å². The topological polar surface area (TPSA) is 87.1 Å². The van der Waals surface area contributed by atoms with Gasteiger partial charge in [0.2, 0.25) is 11.8 Å². The summed E-state index contributed by atoms with van der Waals surface area (Å²) in [5, 5.41) is 4.23. The van der Waals surface area contributed by atoms with E-state index in [0.29, 0.717) is 13.0 Å². The van der Waals surface area contributed by atoms with Gasteiger partial charge in [-0.05, 0) is 32.3 Å². The minimum atomic E-state index is 0.0228. The number of aryl methyl sites for hydroxylation is 1. The maximum atomic E-state index is 12.8. The van der Waals surface area contributed by atoms with Crippen LogP contribution in [0.15, 0.2) is 24.8 Å². The summed E-state index contributed by atoms with van der Waals surface area (Å²) in [7, 11) is 0. The molecule has 0 unspecified atom stereocenters. The summed E-state index contributed by atoms with van der Waals surface area (Å²) >= 11 is 0. The van der Waals surface area contributed by atoms with E-state index in [1.807, 2.05) is 29.0 Å². The van der Waals surface area contributed by atoms with Gasteiger partial charge in [0.15, 0.2) is 0 Å². The first kappa shape index (κ1) is 18.7. The quantitative estimate of drug-likeness (QED) is 0.844. The van der Waals surface area contributed by atoms with Crippen LogP contribution in [0.25, 0.3) is 0 Å². The van der Waals surface area contributed by atoms with Gasteiger partial charge in [-0.2, -0.15) is 5.10 Å². The van der Waals surface area contributed by atoms with Crippen LogP contribution in [0.3, 0.4) is 0 Å². The van der Waals surface area contributed by atoms with E-state index in [4.69, 9.17) is 0 Å². The number of hydrogen-bond acceptors (Lipinski definition) is 4. The SMILES string of the molecule is Cc1ccnn1CC(=O)N1CCC[C@@]2(CCC(=O)N(CCc3cnc[nH]3)C2)C1. The van der Waals surface area contributed by atoms with Gasteiger partial charge in [0.25, 0.3) is 0 Å². The van der Waals surface area contributed by atoms with Crippen molar-refractivity contribution in [2.75, 3.05) is 26.2 Å². The zero-order valence-electron chi connectivity index (χ0n) is 16.4. The minimum Gasteiger partial charge on any atom is -0.348 e. The molecular formula is C20H28N6O2. The lowest BCUT2D eigenvalue weighted by Crippen LogP contribution is -2.55. The zero-order chi connectivity index (χ0) is 19.6. The molecule has 28 heavy (non-hydrogen) atoms. The Morgan fingerprint density at radius 1 is 1.32 bits per heavy atom. The summed E-state index contributed by atoms with van der Waals surface area (Å²) in [4.78, 5) is 36.4. The number of carbonyl (C=O) groups is 2. The number of aromatic nitrogens is 4. The smallest absolute Gasteiger partial charge is 0.244 e. The highest BCUT2D eigenvalue weighted by Gasteiger charge is 2.42. The Kier molecular flexibility index (Phi) is 5.19. The Bertz CT molecular complexity index is 830. The molecule has 0 aliphatic carbocycles. The van der Waals surface area contributed by atoms with Crippen LogP contribution in [0.5, 0.6) is 0 Å². The van der Waals surface area contributed by atoms with E-state index in [1.54, 1.807) is 17.2 Å². The van der Waals surface area contributed by atoms with Gasteiger partial charge in [-0.3, -0.25) is 14.3 Å². The second-order valence-electron chi connectivity index (χ2n) is 8.19. The summed E-state index contributed by atoms with van der Waals surface area (Å²) in [6.45, 7) is 5.22. The number of likely N-dealkylation sites (tertiary alicyclic amines) is 2. The molecule has 1 spiro atoms. The highest BCUT2D eigenvalue weighted by atomic mass is 16.2. The number of piperidine rings is 2. The Morgan fingerprint density at radius 2 is 2.21 bits per heavy atom. The molecule has 0 saturated carbocycles. The van der Waals surface area contributed by atoms with E-state index >= 15 is 0 Å². The van der Waals surface area contributed by atoms with Crippen molar-refractivity contribution in [2.24, 2.45) is 5.41 Å². The fourth-order valence-electron chi connectivity index (χ4n) is 4.53. The average Bonchev–Trinajstić information content (AvgIpc) is 3.35. The first-order valence-corrected chi connectivity index (χ1v) is 10.1. The number of nitrogens with zero attached hydrogens (tertiary/aromatic N) is 5. The van der Waals surface area contributed by atoms with Crippen molar-refractivity contribution in [3.05, 3.63) is 36.2 Å². The molecule has 0 radical (unpaired) electrons. The van der Waals surface area contributed by atoms with Crippen molar-refractivity contribution < 1.29 is 9.59 Å². The lowest BCUT2D eigenvalue weighted by atomic mass is 9.73. The number of carbonyl (C=O) groups excluding carboxylic acids is 2. The van der Waals surface area contributed by atoms with E-state index in [1.165, 1.54) is 0 Å². The molecule has 2 amide bonds. The molecular weight excluding hydrogens is 356 g/mol. The van der Waals surface area contributed by atoms with E-state index < -0.39 is 0 Å². The van der Waals surface area contributed by atoms with E-state index in [0.717, 1.165) is 56.7 Å². The van der Waals surface area contributed by atoms with Crippen molar-refractivity contribution in [1.29, 1.82) is 0 Å². The third kappa shape index (κ3) is 3.95. The third-order valence-electron chi connectivity index (χ3n) is 6.18. The minimum absolute atomic E-state index is 0.0228. The molecule has 4 rings (SSSR count). The molecule has 1 atom stereocenters. The van der Waals surface area contributed by atoms with E-state index in [9.17, 15) is 9.59 Å². The second-order valence-corrected chi connectivity index (χ2v) is 8.19. The maximum Gasteiger partial charge on any atom is 0.244 e. The summed E-state index contributed by atoms with van der Waals surface area (Å²) in [5.74, 6) is 0.340. The fourth-order valence-corrected chi connectivity index (χ4v) is 4.53. The number of H-pyrrole nitrogens is 1. The van der Waals surface area contributed by atoms with Crippen LogP contribution >= 0.6 is 0 Å². The molecule has 2 fully saturated rings. The maximum absolute atomic E-state index is 12.8. The van der Waals surface area contributed by atoms with Crippen molar-refractivity contribution in [3.8, 4) is 0 Å². The van der Waals surface area contributed by atoms with Gasteiger partial charge in [-0.15, -0.1) is 0 Å². The normalized spacial score (nSPS) is 22.8. The molecule has 0 bridgehead atoms. The summed E-state index contributed by atoms with van der Waals surface area (Å²) < 4.78 is 1.75. The van der Waals surface area contributed by atoms with E-state index in [-0.39, 0.29) is 23.8 Å². The first-order valence-electron chi connectivity index (χ1n) is 10.1. The number of aromatic amines is 1. The van der Waals surface area contributed by atoms with Crippen LogP contribution in [0.2, 0.25) is 0 Å². The lowest BCUT2D eigenvalue weighted by molar-refractivity contribution is -0.143. The lowest BCUT2D eigenvalue weighted by Gasteiger charge is -2.48. The Balaban J connectivity index is 1.39. The predicted molar refractivity (Wildman–Crippen MR) is 103 cm³/mol. The van der Waals surface area contributed by atoms with Crippen molar-refractivity contribution in [3.63, 3.8) is 0 Å². The Morgan fingerprint density at radius 3 is 2.96 bits per heavy atom. The van der Waals surface area contributed by atoms with Gasteiger partial charge >= 0.3 is 0 Å². The first-order chi connectivity index (χ1) is 13.5. The molecule has 2 saturated heterocycles. The molecule has 8 nitrogen and oxygen atoms in total. The Labute approximate surface area is 164 Å². The van der Waals surface area contributed by atoms with Crippen LogP contribution in [0, 0.1) is 12.3 Å². The standard InChI is InChI=1S/C20H28N6O2/c1-16-4-8-23-26(16)12-19(28)24-9-2-6-20(13-24)7-3-18(27)25(14-20)10-5-17-11-21-15-22-17/h4,8,11,15H,2-3,5-7,9-10,12-14H2,1H3,(H,21,22)/t20-/m1/s1. The molecule has 4 heterocycles. The summed E-state index contributed by atoms with van der Waals surface area (Å²) in [6, 6.07) is 1.91. The predicted octanol–water partition coefficient (Wildman–Crippen LogP) is 1.39. The molecule has 2 aromatic heterocycles. The van der Waals surface area contributed by atoms with Gasteiger partial charge in [0.1, 0.15) is 6.54 Å². The number of nitrogens with one attached hydrogen (secondary N) is 1. The van der Waals surface area contributed by atoms with Gasteiger partial charge in [0, 0.05) is 68.2 Å². The molecule has 8 heteroatoms. The van der Waals surface area contributed by atoms with Crippen LogP contribution < -0.4 is 0 Å². The van der Waals surface area contributed by atoms with Crippen LogP contribution in [0.4, 0.5) is 0 Å². The van der Waals surface area contributed by atoms with Crippen molar-refractivity contribution in [2.45, 2.75) is 45.6 Å². The van der Waals surface area contributed by atoms with Gasteiger partial charge in [-0.1, -0.05) is 0 Å². The fraction of sp³-hybridized carbons (Fsp3) is 0.600. The molecule has 1 N–H and O–H groups in total. The molecule has 150 valence electrons. The molecule has 2 aromatic rings. The van der Waals surface area contributed by atoms with Crippen LogP contribution in [-0.2, 0) is 22.6 Å². The van der Waals surface area contributed by atoms with Gasteiger partial charge < -0.3 is 14.8 Å². The molecule has 2 aliphatic heterocycles. The molecule has 2 aliphatic rings. The monoisotopic (exact) mass is 384 g/mol. The largest absolute Gasteiger partial charge is 0.348 e. The number of rotatable bonds is 5. The van der Waals surface area contributed by atoms with Crippen LogP contribution in [0.1, 0.15) is 37.1 Å². The number of amides is 2. The summed E-state index contributed by atoms with van der Waals surface area (Å²) in [5.41, 5.74) is 2.06. The second kappa shape index (κ2) is 7.77. The summed E-state index contributed by atoms with van der Waals surface area (Å²) in [6.07, 6.45) is 9.50. The van der Waals surface area contributed by atoms with Gasteiger partial charge in [-0.25, -0.2) is 4.98 Å². The third-order valence-corrected chi connectivity index (χ3v) is 6.18. The highest BCUT2D eigenvalue weighted by molar-refractivity contribution is 5.78. The average molecular weight is 384 g/mol. The number of imidazole rings is 1. The highest BCUT2D eigenvalue weighted by Crippen LogP contribution is 2.39. The number of hydrogen-bond donors (Lipinski definition) is 1. The molecule has 0 aromatic carbocycles. The Hall–Kier alpha value is -2.64. The van der Waals surface area contributed by atoms with Crippen molar-refractivity contribution >= 4 is 11.8 Å².